The minimum absolute atomic E-state index is 0.0249. The van der Waals surface area contributed by atoms with Crippen molar-refractivity contribution in [3.8, 4) is 0 Å². The van der Waals surface area contributed by atoms with E-state index in [1.165, 1.54) is 180 Å². The second-order valence-corrected chi connectivity index (χ2v) is 12.5. The zero-order valence-corrected chi connectivity index (χ0v) is 26.8. The van der Waals surface area contributed by atoms with Crippen molar-refractivity contribution in [1.82, 2.24) is 0 Å². The first-order valence-corrected chi connectivity index (χ1v) is 17.9. The summed E-state index contributed by atoms with van der Waals surface area (Å²) in [7, 11) is 0. The number of hydrogen-bond acceptors (Lipinski definition) is 2. The number of rotatable bonds is 32. The van der Waals surface area contributed by atoms with Crippen LogP contribution in [0.15, 0.2) is 0 Å². The Kier molecular flexibility index (Phi) is 32.2. The highest BCUT2D eigenvalue weighted by atomic mass is 16.5. The van der Waals surface area contributed by atoms with Gasteiger partial charge in [0.15, 0.2) is 0 Å². The van der Waals surface area contributed by atoms with E-state index in [0.29, 0.717) is 18.9 Å². The minimum Gasteiger partial charge on any atom is -0.465 e. The van der Waals surface area contributed by atoms with Crippen molar-refractivity contribution in [2.45, 2.75) is 213 Å². The smallest absolute Gasteiger partial charge is 0.305 e. The Morgan fingerprint density at radius 3 is 1.08 bits per heavy atom. The van der Waals surface area contributed by atoms with Crippen LogP contribution in [-0.2, 0) is 9.53 Å². The predicted molar refractivity (Wildman–Crippen MR) is 170 cm³/mol. The van der Waals surface area contributed by atoms with Gasteiger partial charge in [0.2, 0.25) is 0 Å². The first-order chi connectivity index (χ1) is 18.7. The van der Waals surface area contributed by atoms with Crippen LogP contribution in [0.25, 0.3) is 0 Å². The normalized spacial score (nSPS) is 12.2. The summed E-state index contributed by atoms with van der Waals surface area (Å²) in [6.07, 6.45) is 40.4. The maximum absolute atomic E-state index is 12.0. The summed E-state index contributed by atoms with van der Waals surface area (Å²) in [5.74, 6) is 0.532. The quantitative estimate of drug-likeness (QED) is 0.0631. The highest BCUT2D eigenvalue weighted by molar-refractivity contribution is 5.69. The van der Waals surface area contributed by atoms with Crippen LogP contribution in [0, 0.1) is 5.92 Å². The van der Waals surface area contributed by atoms with Gasteiger partial charge in [0.25, 0.3) is 0 Å². The van der Waals surface area contributed by atoms with E-state index in [4.69, 9.17) is 4.74 Å². The molecule has 0 heterocycles. The molecule has 0 bridgehead atoms. The number of ether oxygens (including phenoxy) is 1. The van der Waals surface area contributed by atoms with Gasteiger partial charge in [0.1, 0.15) is 0 Å². The van der Waals surface area contributed by atoms with Gasteiger partial charge in [-0.05, 0) is 18.8 Å². The van der Waals surface area contributed by atoms with Crippen LogP contribution >= 0.6 is 0 Å². The molecule has 1 unspecified atom stereocenters. The van der Waals surface area contributed by atoms with Gasteiger partial charge in [0.05, 0.1) is 6.61 Å². The number of hydrogen-bond donors (Lipinski definition) is 0. The molecule has 2 nitrogen and oxygen atoms in total. The van der Waals surface area contributed by atoms with E-state index >= 15 is 0 Å². The van der Waals surface area contributed by atoms with Gasteiger partial charge >= 0.3 is 5.97 Å². The fourth-order valence-electron chi connectivity index (χ4n) is 5.54. The third-order valence-electron chi connectivity index (χ3n) is 8.31. The van der Waals surface area contributed by atoms with Crippen LogP contribution in [0.4, 0.5) is 0 Å². The molecule has 2 heteroatoms. The topological polar surface area (TPSA) is 26.3 Å². The molecule has 0 fully saturated rings. The molecule has 0 saturated heterocycles. The molecule has 0 spiro atoms. The summed E-state index contributed by atoms with van der Waals surface area (Å²) in [6.45, 7) is 7.44. The Hall–Kier alpha value is -0.530. The highest BCUT2D eigenvalue weighted by Crippen LogP contribution is 2.16. The zero-order chi connectivity index (χ0) is 27.8. The maximum Gasteiger partial charge on any atom is 0.305 e. The molecule has 0 aliphatic rings. The molecule has 228 valence electrons. The van der Waals surface area contributed by atoms with Crippen LogP contribution in [0.2, 0.25) is 0 Å². The van der Waals surface area contributed by atoms with E-state index in [9.17, 15) is 4.79 Å². The minimum atomic E-state index is 0.0249. The van der Waals surface area contributed by atoms with Crippen molar-refractivity contribution < 1.29 is 9.53 Å². The Bertz CT molecular complexity index is 447. The lowest BCUT2D eigenvalue weighted by Gasteiger charge is -2.12. The van der Waals surface area contributed by atoms with Crippen LogP contribution in [0.3, 0.4) is 0 Å². The summed E-state index contributed by atoms with van der Waals surface area (Å²) in [5.41, 5.74) is 0. The molecule has 0 rings (SSSR count). The molecule has 0 amide bonds. The Balaban J connectivity index is 3.27. The van der Waals surface area contributed by atoms with Crippen molar-refractivity contribution in [2.75, 3.05) is 6.61 Å². The molecular formula is C36H72O2. The first kappa shape index (κ1) is 37.5. The fourth-order valence-corrected chi connectivity index (χ4v) is 5.54. The standard InChI is InChI=1S/C36H72O2/c1-4-6-8-10-12-14-16-18-19-21-23-25-27-29-31-33-36(37)38-34-35(3)32-30-28-26-24-22-20-17-15-13-11-9-7-5-2/h35H,4-34H2,1-3H3. The van der Waals surface area contributed by atoms with Crippen molar-refractivity contribution in [1.29, 1.82) is 0 Å². The maximum atomic E-state index is 12.0. The summed E-state index contributed by atoms with van der Waals surface area (Å²) in [4.78, 5) is 12.0. The molecule has 1 atom stereocenters. The molecule has 0 radical (unpaired) electrons. The molecular weight excluding hydrogens is 464 g/mol. The molecule has 0 aliphatic heterocycles. The van der Waals surface area contributed by atoms with Gasteiger partial charge in [-0.25, -0.2) is 0 Å². The van der Waals surface area contributed by atoms with Crippen molar-refractivity contribution in [3.63, 3.8) is 0 Å². The van der Waals surface area contributed by atoms with Gasteiger partial charge < -0.3 is 4.74 Å². The molecule has 0 aliphatic carbocycles. The van der Waals surface area contributed by atoms with Gasteiger partial charge in [-0.3, -0.25) is 4.79 Å². The number of carbonyl (C=O) groups excluding carboxylic acids is 1. The Labute approximate surface area is 241 Å². The third-order valence-corrected chi connectivity index (χ3v) is 8.31. The van der Waals surface area contributed by atoms with Crippen LogP contribution in [0.1, 0.15) is 213 Å². The largest absolute Gasteiger partial charge is 0.465 e. The van der Waals surface area contributed by atoms with Crippen LogP contribution in [0.5, 0.6) is 0 Å². The molecule has 0 N–H and O–H groups in total. The van der Waals surface area contributed by atoms with Crippen molar-refractivity contribution in [2.24, 2.45) is 5.92 Å². The lowest BCUT2D eigenvalue weighted by atomic mass is 10.0. The summed E-state index contributed by atoms with van der Waals surface area (Å²) in [6, 6.07) is 0. The predicted octanol–water partition coefficient (Wildman–Crippen LogP) is 12.9. The number of esters is 1. The zero-order valence-electron chi connectivity index (χ0n) is 26.8. The lowest BCUT2D eigenvalue weighted by Crippen LogP contribution is -2.11. The Morgan fingerprint density at radius 2 is 0.737 bits per heavy atom. The molecule has 0 saturated carbocycles. The second-order valence-electron chi connectivity index (χ2n) is 12.5. The fraction of sp³-hybridized carbons (Fsp3) is 0.972. The summed E-state index contributed by atoms with van der Waals surface area (Å²) < 4.78 is 5.55. The van der Waals surface area contributed by atoms with Gasteiger partial charge in [0, 0.05) is 6.42 Å². The van der Waals surface area contributed by atoms with Crippen LogP contribution < -0.4 is 0 Å². The average molecular weight is 537 g/mol. The molecule has 0 aromatic rings. The summed E-state index contributed by atoms with van der Waals surface area (Å²) >= 11 is 0. The lowest BCUT2D eigenvalue weighted by molar-refractivity contribution is -0.145. The van der Waals surface area contributed by atoms with E-state index in [1.807, 2.05) is 0 Å². The van der Waals surface area contributed by atoms with Crippen molar-refractivity contribution >= 4 is 5.97 Å². The van der Waals surface area contributed by atoms with E-state index in [0.717, 1.165) is 6.42 Å². The number of carbonyl (C=O) groups is 1. The van der Waals surface area contributed by atoms with Gasteiger partial charge in [-0.15, -0.1) is 0 Å². The Morgan fingerprint density at radius 1 is 0.447 bits per heavy atom. The first-order valence-electron chi connectivity index (χ1n) is 17.9. The van der Waals surface area contributed by atoms with E-state index in [2.05, 4.69) is 20.8 Å². The van der Waals surface area contributed by atoms with Gasteiger partial charge in [-0.2, -0.15) is 0 Å². The van der Waals surface area contributed by atoms with Gasteiger partial charge in [-0.1, -0.05) is 194 Å². The monoisotopic (exact) mass is 537 g/mol. The molecule has 38 heavy (non-hydrogen) atoms. The molecule has 0 aromatic carbocycles. The SMILES string of the molecule is CCCCCCCCCCCCCCCCCC(=O)OCC(C)CCCCCCCCCCCCCCC. The second kappa shape index (κ2) is 32.7. The van der Waals surface area contributed by atoms with Crippen molar-refractivity contribution in [3.05, 3.63) is 0 Å². The third kappa shape index (κ3) is 31.7. The highest BCUT2D eigenvalue weighted by Gasteiger charge is 2.07. The van der Waals surface area contributed by atoms with E-state index in [1.54, 1.807) is 0 Å². The number of unbranched alkanes of at least 4 members (excludes halogenated alkanes) is 26. The van der Waals surface area contributed by atoms with Crippen LogP contribution in [-0.4, -0.2) is 12.6 Å². The van der Waals surface area contributed by atoms with E-state index < -0.39 is 0 Å². The average Bonchev–Trinajstić information content (AvgIpc) is 2.92. The summed E-state index contributed by atoms with van der Waals surface area (Å²) in [5, 5.41) is 0. The van der Waals surface area contributed by atoms with E-state index in [-0.39, 0.29) is 5.97 Å². The molecule has 0 aromatic heterocycles.